The van der Waals surface area contributed by atoms with Crippen molar-refractivity contribution in [2.75, 3.05) is 0 Å². The first-order chi connectivity index (χ1) is 13.5. The van der Waals surface area contributed by atoms with Gasteiger partial charge in [-0.05, 0) is 31.0 Å². The van der Waals surface area contributed by atoms with Crippen molar-refractivity contribution in [3.63, 3.8) is 0 Å². The Labute approximate surface area is 161 Å². The number of amides is 1. The first-order valence-corrected chi connectivity index (χ1v) is 9.39. The number of carbonyl (C=O) groups is 1. The summed E-state index contributed by atoms with van der Waals surface area (Å²) in [4.78, 5) is 16.6. The lowest BCUT2D eigenvalue weighted by molar-refractivity contribution is 0.0718. The molecule has 7 heteroatoms. The van der Waals surface area contributed by atoms with E-state index < -0.39 is 23.6 Å². The molecule has 1 fully saturated rings. The fourth-order valence-corrected chi connectivity index (χ4v) is 3.85. The third-order valence-electron chi connectivity index (χ3n) is 5.34. The van der Waals surface area contributed by atoms with Crippen molar-refractivity contribution in [3.05, 3.63) is 65.6 Å². The summed E-state index contributed by atoms with van der Waals surface area (Å²) in [5, 5.41) is 13.2. The van der Waals surface area contributed by atoms with Gasteiger partial charge in [0, 0.05) is 23.3 Å². The van der Waals surface area contributed by atoms with Gasteiger partial charge >= 0.3 is 0 Å². The molecule has 0 saturated heterocycles. The molecule has 28 heavy (non-hydrogen) atoms. The Bertz CT molecular complexity index is 1020. The zero-order chi connectivity index (χ0) is 19.7. The first-order valence-electron chi connectivity index (χ1n) is 9.39. The smallest absolute Gasteiger partial charge is 0.253 e. The van der Waals surface area contributed by atoms with Crippen LogP contribution in [0.3, 0.4) is 0 Å². The quantitative estimate of drug-likeness (QED) is 0.723. The van der Waals surface area contributed by atoms with Crippen molar-refractivity contribution in [2.24, 2.45) is 0 Å². The molecular weight excluding hydrogens is 364 g/mol. The van der Waals surface area contributed by atoms with E-state index in [4.69, 9.17) is 0 Å². The number of benzene rings is 1. The average molecular weight is 385 g/mol. The summed E-state index contributed by atoms with van der Waals surface area (Å²) in [6.45, 7) is 0.146. The fourth-order valence-electron chi connectivity index (χ4n) is 3.85. The van der Waals surface area contributed by atoms with Gasteiger partial charge in [0.25, 0.3) is 5.91 Å². The van der Waals surface area contributed by atoms with E-state index in [1.54, 1.807) is 22.8 Å². The van der Waals surface area contributed by atoms with Crippen molar-refractivity contribution in [1.29, 1.82) is 0 Å². The van der Waals surface area contributed by atoms with Crippen molar-refractivity contribution in [2.45, 2.75) is 44.4 Å². The molecule has 0 radical (unpaired) electrons. The van der Waals surface area contributed by atoms with Crippen LogP contribution in [0.4, 0.5) is 8.78 Å². The van der Waals surface area contributed by atoms with E-state index in [2.05, 4.69) is 10.3 Å². The van der Waals surface area contributed by atoms with E-state index in [9.17, 15) is 18.7 Å². The van der Waals surface area contributed by atoms with Crippen LogP contribution in [0.5, 0.6) is 0 Å². The van der Waals surface area contributed by atoms with Crippen LogP contribution < -0.4 is 5.32 Å². The third kappa shape index (κ3) is 3.49. The zero-order valence-electron chi connectivity index (χ0n) is 15.2. The highest BCUT2D eigenvalue weighted by Crippen LogP contribution is 2.27. The first kappa shape index (κ1) is 18.6. The van der Waals surface area contributed by atoms with E-state index in [1.165, 1.54) is 18.5 Å². The summed E-state index contributed by atoms with van der Waals surface area (Å²) < 4.78 is 30.2. The van der Waals surface area contributed by atoms with Gasteiger partial charge in [-0.15, -0.1) is 0 Å². The Hall–Kier alpha value is -2.80. The van der Waals surface area contributed by atoms with Crippen LogP contribution in [0, 0.1) is 11.6 Å². The number of hydrogen-bond acceptors (Lipinski definition) is 3. The second-order valence-corrected chi connectivity index (χ2v) is 7.20. The minimum atomic E-state index is -0.596. The number of fused-ring (bicyclic) bond motifs is 1. The molecule has 2 N–H and O–H groups in total. The summed E-state index contributed by atoms with van der Waals surface area (Å²) in [7, 11) is 0. The summed E-state index contributed by atoms with van der Waals surface area (Å²) in [6, 6.07) is 5.77. The molecule has 2 heterocycles. The maximum Gasteiger partial charge on any atom is 0.253 e. The number of nitrogens with zero attached hydrogens (tertiary/aromatic N) is 2. The van der Waals surface area contributed by atoms with Crippen LogP contribution in [0.25, 0.3) is 10.9 Å². The second kappa shape index (κ2) is 7.67. The molecule has 1 unspecified atom stereocenters. The van der Waals surface area contributed by atoms with Crippen LogP contribution in [0.2, 0.25) is 0 Å². The predicted molar refractivity (Wildman–Crippen MR) is 101 cm³/mol. The topological polar surface area (TPSA) is 67.2 Å². The van der Waals surface area contributed by atoms with Crippen molar-refractivity contribution < 1.29 is 18.7 Å². The molecule has 1 aromatic carbocycles. The van der Waals surface area contributed by atoms with Crippen molar-refractivity contribution in [1.82, 2.24) is 14.9 Å². The summed E-state index contributed by atoms with van der Waals surface area (Å²) >= 11 is 0. The van der Waals surface area contributed by atoms with Gasteiger partial charge in [0.15, 0.2) is 0 Å². The van der Waals surface area contributed by atoms with Gasteiger partial charge in [-0.1, -0.05) is 18.9 Å². The number of pyridine rings is 1. The molecule has 4 rings (SSSR count). The number of halogens is 2. The summed E-state index contributed by atoms with van der Waals surface area (Å²) in [5.74, 6) is -1.41. The minimum absolute atomic E-state index is 0.146. The Balaban J connectivity index is 1.70. The number of nitrogens with one attached hydrogen (secondary N) is 1. The number of aliphatic hydroxyl groups is 1. The van der Waals surface area contributed by atoms with E-state index in [0.717, 1.165) is 19.0 Å². The normalized spacial score (nSPS) is 19.7. The molecule has 0 spiro atoms. The Morgan fingerprint density at radius 1 is 1.21 bits per heavy atom. The molecular formula is C21H21F2N3O2. The maximum atomic E-state index is 14.6. The maximum absolute atomic E-state index is 14.6. The predicted octanol–water partition coefficient (Wildman–Crippen LogP) is 3.40. The Morgan fingerprint density at radius 2 is 2.04 bits per heavy atom. The monoisotopic (exact) mass is 385 g/mol. The lowest BCUT2D eigenvalue weighted by Gasteiger charge is -2.28. The zero-order valence-corrected chi connectivity index (χ0v) is 15.2. The van der Waals surface area contributed by atoms with Gasteiger partial charge in [0.05, 0.1) is 36.0 Å². The van der Waals surface area contributed by atoms with E-state index in [-0.39, 0.29) is 23.5 Å². The lowest BCUT2D eigenvalue weighted by atomic mass is 9.92. The van der Waals surface area contributed by atoms with Crippen molar-refractivity contribution >= 4 is 16.8 Å². The SMILES string of the molecule is O=C(N[C@H]1CCCCC1O)c1cn(Cc2ccncc2F)c2cccc(F)c12. The Morgan fingerprint density at radius 3 is 2.82 bits per heavy atom. The van der Waals surface area contributed by atoms with Crippen LogP contribution in [-0.4, -0.2) is 32.7 Å². The molecule has 2 aromatic heterocycles. The standard InChI is InChI=1S/C21H21F2N3O2/c22-15-4-3-6-18-20(15)14(21(28)25-17-5-1-2-7-19(17)27)12-26(18)11-13-8-9-24-10-16(13)23/h3-4,6,8-10,12,17,19,27H,1-2,5,7,11H2,(H,25,28)/t17-,19?/m0/s1. The van der Waals surface area contributed by atoms with Gasteiger partial charge in [0.1, 0.15) is 11.6 Å². The second-order valence-electron chi connectivity index (χ2n) is 7.20. The third-order valence-corrected chi connectivity index (χ3v) is 5.34. The number of carbonyl (C=O) groups excluding carboxylic acids is 1. The highest BCUT2D eigenvalue weighted by Gasteiger charge is 2.27. The van der Waals surface area contributed by atoms with Crippen LogP contribution >= 0.6 is 0 Å². The van der Waals surface area contributed by atoms with E-state index in [0.29, 0.717) is 23.9 Å². The summed E-state index contributed by atoms with van der Waals surface area (Å²) in [5.41, 5.74) is 1.08. The highest BCUT2D eigenvalue weighted by atomic mass is 19.1. The van der Waals surface area contributed by atoms with Gasteiger partial charge in [-0.25, -0.2) is 8.78 Å². The number of hydrogen-bond donors (Lipinski definition) is 2. The molecule has 146 valence electrons. The van der Waals surface area contributed by atoms with E-state index in [1.807, 2.05) is 0 Å². The molecule has 5 nitrogen and oxygen atoms in total. The minimum Gasteiger partial charge on any atom is -0.391 e. The molecule has 0 aliphatic heterocycles. The summed E-state index contributed by atoms with van der Waals surface area (Å²) in [6.07, 6.45) is 6.75. The van der Waals surface area contributed by atoms with Crippen molar-refractivity contribution in [3.8, 4) is 0 Å². The fraction of sp³-hybridized carbons (Fsp3) is 0.333. The Kier molecular flexibility index (Phi) is 5.09. The molecule has 2 atom stereocenters. The number of rotatable bonds is 4. The molecule has 3 aromatic rings. The van der Waals surface area contributed by atoms with Gasteiger partial charge < -0.3 is 15.0 Å². The molecule has 1 aliphatic carbocycles. The number of aliphatic hydroxyl groups excluding tert-OH is 1. The molecule has 1 aliphatic rings. The van der Waals surface area contributed by atoms with Crippen LogP contribution in [0.1, 0.15) is 41.6 Å². The van der Waals surface area contributed by atoms with E-state index >= 15 is 0 Å². The van der Waals surface area contributed by atoms with Crippen LogP contribution in [0.15, 0.2) is 42.9 Å². The molecule has 1 amide bonds. The van der Waals surface area contributed by atoms with Gasteiger partial charge in [-0.2, -0.15) is 0 Å². The largest absolute Gasteiger partial charge is 0.391 e. The van der Waals surface area contributed by atoms with Gasteiger partial charge in [0.2, 0.25) is 0 Å². The highest BCUT2D eigenvalue weighted by molar-refractivity contribution is 6.07. The average Bonchev–Trinajstić information content (AvgIpc) is 3.05. The number of aromatic nitrogens is 2. The lowest BCUT2D eigenvalue weighted by Crippen LogP contribution is -2.45. The van der Waals surface area contributed by atoms with Crippen LogP contribution in [-0.2, 0) is 6.54 Å². The molecule has 0 bridgehead atoms. The van der Waals surface area contributed by atoms with Gasteiger partial charge in [-0.3, -0.25) is 9.78 Å². The molecule has 1 saturated carbocycles.